The van der Waals surface area contributed by atoms with Gasteiger partial charge in [-0.1, -0.05) is 30.3 Å². The molecule has 3 fully saturated rings. The van der Waals surface area contributed by atoms with Gasteiger partial charge in [-0.05, 0) is 24.3 Å². The molecule has 2 N–H and O–H groups in total. The molecule has 18 heavy (non-hydrogen) atoms. The highest BCUT2D eigenvalue weighted by atomic mass is 16.6. The third kappa shape index (κ3) is 2.20. The van der Waals surface area contributed by atoms with Crippen molar-refractivity contribution in [3.8, 4) is 0 Å². The Hall–Kier alpha value is -1.55. The first-order valence-electron chi connectivity index (χ1n) is 6.39. The van der Waals surface area contributed by atoms with Crippen LogP contribution in [-0.2, 0) is 11.3 Å². The molecule has 3 aliphatic rings. The third-order valence-electron chi connectivity index (χ3n) is 3.84. The average Bonchev–Trinajstić information content (AvgIpc) is 2.35. The van der Waals surface area contributed by atoms with E-state index in [4.69, 9.17) is 10.5 Å². The maximum Gasteiger partial charge on any atom is 0.410 e. The SMILES string of the molecule is NC12CC(CN(C(=O)OCc3ccccc3)C1)C2. The fraction of sp³-hybridized carbons (Fsp3) is 0.500. The van der Waals surface area contributed by atoms with Crippen molar-refractivity contribution in [2.45, 2.75) is 25.0 Å². The minimum Gasteiger partial charge on any atom is -0.445 e. The molecule has 4 rings (SSSR count). The number of hydrogen-bond donors (Lipinski definition) is 1. The Morgan fingerprint density at radius 2 is 2.11 bits per heavy atom. The van der Waals surface area contributed by atoms with Gasteiger partial charge in [-0.15, -0.1) is 0 Å². The van der Waals surface area contributed by atoms with Crippen molar-refractivity contribution in [3.63, 3.8) is 0 Å². The van der Waals surface area contributed by atoms with E-state index in [9.17, 15) is 4.79 Å². The lowest BCUT2D eigenvalue weighted by molar-refractivity contribution is -0.00258. The van der Waals surface area contributed by atoms with E-state index in [1.54, 1.807) is 4.90 Å². The Balaban J connectivity index is 1.53. The number of fused-ring (bicyclic) bond motifs is 2. The second-order valence-corrected chi connectivity index (χ2v) is 5.56. The minimum absolute atomic E-state index is 0.144. The molecule has 0 radical (unpaired) electrons. The molecule has 0 aromatic heterocycles. The molecule has 2 bridgehead atoms. The van der Waals surface area contributed by atoms with Crippen molar-refractivity contribution in [1.29, 1.82) is 0 Å². The largest absolute Gasteiger partial charge is 0.445 e. The van der Waals surface area contributed by atoms with Crippen LogP contribution in [0.5, 0.6) is 0 Å². The highest BCUT2D eigenvalue weighted by Crippen LogP contribution is 2.41. The van der Waals surface area contributed by atoms with Crippen LogP contribution < -0.4 is 5.73 Å². The molecule has 0 spiro atoms. The van der Waals surface area contributed by atoms with E-state index in [2.05, 4.69) is 0 Å². The zero-order valence-corrected chi connectivity index (χ0v) is 10.3. The Kier molecular flexibility index (Phi) is 2.74. The van der Waals surface area contributed by atoms with Crippen LogP contribution in [0.2, 0.25) is 0 Å². The van der Waals surface area contributed by atoms with Gasteiger partial charge in [0, 0.05) is 18.6 Å². The van der Waals surface area contributed by atoms with Gasteiger partial charge in [0.05, 0.1) is 0 Å². The van der Waals surface area contributed by atoms with Crippen LogP contribution in [0.15, 0.2) is 30.3 Å². The van der Waals surface area contributed by atoms with Gasteiger partial charge < -0.3 is 15.4 Å². The van der Waals surface area contributed by atoms with E-state index in [1.165, 1.54) is 0 Å². The Bertz CT molecular complexity index is 440. The van der Waals surface area contributed by atoms with Crippen LogP contribution in [0.3, 0.4) is 0 Å². The second-order valence-electron chi connectivity index (χ2n) is 5.56. The predicted molar refractivity (Wildman–Crippen MR) is 67.8 cm³/mol. The molecule has 0 atom stereocenters. The summed E-state index contributed by atoms with van der Waals surface area (Å²) in [6.45, 7) is 1.77. The van der Waals surface area contributed by atoms with E-state index in [-0.39, 0.29) is 11.6 Å². The molecule has 4 heteroatoms. The summed E-state index contributed by atoms with van der Waals surface area (Å²) in [6.07, 6.45) is 1.86. The molecular weight excluding hydrogens is 228 g/mol. The van der Waals surface area contributed by atoms with Gasteiger partial charge in [-0.2, -0.15) is 0 Å². The summed E-state index contributed by atoms with van der Waals surface area (Å²) >= 11 is 0. The van der Waals surface area contributed by atoms with Crippen molar-refractivity contribution in [3.05, 3.63) is 35.9 Å². The van der Waals surface area contributed by atoms with E-state index >= 15 is 0 Å². The predicted octanol–water partition coefficient (Wildman–Crippen LogP) is 1.75. The Morgan fingerprint density at radius 3 is 2.78 bits per heavy atom. The fourth-order valence-corrected chi connectivity index (χ4v) is 3.05. The van der Waals surface area contributed by atoms with Crippen molar-refractivity contribution >= 4 is 6.09 Å². The first-order chi connectivity index (χ1) is 8.65. The number of carbonyl (C=O) groups is 1. The molecule has 2 heterocycles. The zero-order valence-electron chi connectivity index (χ0n) is 10.3. The maximum absolute atomic E-state index is 11.9. The molecule has 4 nitrogen and oxygen atoms in total. The van der Waals surface area contributed by atoms with Gasteiger partial charge in [-0.3, -0.25) is 0 Å². The number of nitrogens with zero attached hydrogens (tertiary/aromatic N) is 1. The number of nitrogens with two attached hydrogens (primary N) is 1. The van der Waals surface area contributed by atoms with Crippen molar-refractivity contribution in [2.75, 3.05) is 13.1 Å². The number of hydrogen-bond acceptors (Lipinski definition) is 3. The monoisotopic (exact) mass is 246 g/mol. The van der Waals surface area contributed by atoms with E-state index in [0.29, 0.717) is 19.1 Å². The van der Waals surface area contributed by atoms with Crippen molar-refractivity contribution < 1.29 is 9.53 Å². The van der Waals surface area contributed by atoms with Crippen LogP contribution in [-0.4, -0.2) is 29.6 Å². The number of carbonyl (C=O) groups excluding carboxylic acids is 1. The fourth-order valence-electron chi connectivity index (χ4n) is 3.05. The zero-order chi connectivity index (χ0) is 12.6. The summed E-state index contributed by atoms with van der Waals surface area (Å²) in [5.41, 5.74) is 7.00. The molecule has 1 amide bonds. The lowest BCUT2D eigenvalue weighted by Crippen LogP contribution is -2.66. The molecule has 1 saturated carbocycles. The topological polar surface area (TPSA) is 55.6 Å². The quantitative estimate of drug-likeness (QED) is 0.865. The molecule has 2 saturated heterocycles. The molecular formula is C14H18N2O2. The van der Waals surface area contributed by atoms with Crippen LogP contribution in [0, 0.1) is 5.92 Å². The first-order valence-corrected chi connectivity index (χ1v) is 6.39. The minimum atomic E-state index is -0.238. The highest BCUT2D eigenvalue weighted by molar-refractivity contribution is 5.68. The van der Waals surface area contributed by atoms with Crippen LogP contribution in [0.1, 0.15) is 18.4 Å². The van der Waals surface area contributed by atoms with Crippen LogP contribution in [0.25, 0.3) is 0 Å². The number of amides is 1. The molecule has 0 unspecified atom stereocenters. The van der Waals surface area contributed by atoms with Crippen molar-refractivity contribution in [1.82, 2.24) is 4.90 Å². The van der Waals surface area contributed by atoms with Crippen LogP contribution >= 0.6 is 0 Å². The Labute approximate surface area is 107 Å². The standard InChI is InChI=1S/C14H18N2O2/c15-14-6-12(7-14)8-16(10-14)13(17)18-9-11-4-2-1-3-5-11/h1-5,12H,6-10,15H2. The van der Waals surface area contributed by atoms with Gasteiger partial charge in [0.1, 0.15) is 6.61 Å². The molecule has 1 aromatic carbocycles. The molecule has 1 aliphatic carbocycles. The first kappa shape index (κ1) is 11.5. The smallest absolute Gasteiger partial charge is 0.410 e. The van der Waals surface area contributed by atoms with E-state index < -0.39 is 0 Å². The lowest BCUT2D eigenvalue weighted by atomic mass is 9.65. The summed E-state index contributed by atoms with van der Waals surface area (Å²) in [5, 5.41) is 0. The highest BCUT2D eigenvalue weighted by Gasteiger charge is 2.48. The third-order valence-corrected chi connectivity index (χ3v) is 3.84. The Morgan fingerprint density at radius 1 is 1.39 bits per heavy atom. The van der Waals surface area contributed by atoms with Crippen LogP contribution in [0.4, 0.5) is 4.79 Å². The van der Waals surface area contributed by atoms with E-state index in [0.717, 1.165) is 24.9 Å². The van der Waals surface area contributed by atoms with Gasteiger partial charge in [0.15, 0.2) is 0 Å². The maximum atomic E-state index is 11.9. The van der Waals surface area contributed by atoms with Gasteiger partial charge in [0.25, 0.3) is 0 Å². The van der Waals surface area contributed by atoms with Gasteiger partial charge in [0.2, 0.25) is 0 Å². The summed E-state index contributed by atoms with van der Waals surface area (Å²) in [4.78, 5) is 13.7. The van der Waals surface area contributed by atoms with Crippen molar-refractivity contribution in [2.24, 2.45) is 11.7 Å². The normalized spacial score (nSPS) is 29.6. The second kappa shape index (κ2) is 4.28. The summed E-state index contributed by atoms with van der Waals surface area (Å²) in [7, 11) is 0. The number of benzene rings is 1. The lowest BCUT2D eigenvalue weighted by Gasteiger charge is -2.53. The molecule has 1 aromatic rings. The van der Waals surface area contributed by atoms with Gasteiger partial charge >= 0.3 is 6.09 Å². The number of rotatable bonds is 2. The van der Waals surface area contributed by atoms with Gasteiger partial charge in [-0.25, -0.2) is 4.79 Å². The molecule has 2 aliphatic heterocycles. The summed E-state index contributed by atoms with van der Waals surface area (Å²) < 4.78 is 5.31. The van der Waals surface area contributed by atoms with E-state index in [1.807, 2.05) is 30.3 Å². The number of ether oxygens (including phenoxy) is 1. The molecule has 96 valence electrons. The average molecular weight is 246 g/mol. The number of piperidine rings is 2. The summed E-state index contributed by atoms with van der Waals surface area (Å²) in [5.74, 6) is 0.577. The summed E-state index contributed by atoms with van der Waals surface area (Å²) in [6, 6.07) is 9.72.